The van der Waals surface area contributed by atoms with Gasteiger partial charge in [-0.1, -0.05) is 41.9 Å². The number of nitrogens with one attached hydrogen (secondary N) is 1. The van der Waals surface area contributed by atoms with Crippen molar-refractivity contribution in [2.45, 2.75) is 24.0 Å². The molecule has 1 unspecified atom stereocenters. The molecule has 5 atom stereocenters. The summed E-state index contributed by atoms with van der Waals surface area (Å²) in [6.45, 7) is 4.84. The molecule has 1 aromatic carbocycles. The molecule has 0 aromatic heterocycles. The summed E-state index contributed by atoms with van der Waals surface area (Å²) in [6, 6.07) is 3.59. The van der Waals surface area contributed by atoms with E-state index >= 15 is 4.39 Å². The van der Waals surface area contributed by atoms with E-state index in [-0.39, 0.29) is 23.5 Å². The molecule has 3 aliphatic heterocycles. The highest BCUT2D eigenvalue weighted by molar-refractivity contribution is 6.31. The van der Waals surface area contributed by atoms with Gasteiger partial charge in [-0.25, -0.2) is 4.39 Å². The molecular weight excluding hydrogens is 456 g/mol. The third-order valence-electron chi connectivity index (χ3n) is 6.61. The van der Waals surface area contributed by atoms with Gasteiger partial charge in [0.25, 0.3) is 0 Å². The van der Waals surface area contributed by atoms with E-state index < -0.39 is 29.4 Å². The molecule has 1 amide bonds. The Morgan fingerprint density at radius 3 is 2.94 bits per heavy atom. The number of nitrogens with two attached hydrogens (primary N) is 1. The van der Waals surface area contributed by atoms with E-state index in [2.05, 4.69) is 11.9 Å². The Morgan fingerprint density at radius 1 is 1.50 bits per heavy atom. The number of aliphatic hydroxyl groups is 1. The molecule has 2 fully saturated rings. The van der Waals surface area contributed by atoms with Gasteiger partial charge in [0.15, 0.2) is 0 Å². The van der Waals surface area contributed by atoms with Crippen LogP contribution in [0.4, 0.5) is 10.1 Å². The highest BCUT2D eigenvalue weighted by atomic mass is 35.5. The average molecular weight is 482 g/mol. The number of nitrogens with zero attached hydrogens (tertiary/aromatic N) is 1. The quantitative estimate of drug-likeness (QED) is 0.542. The van der Waals surface area contributed by atoms with Crippen LogP contribution in [0.1, 0.15) is 12.0 Å². The monoisotopic (exact) mass is 481 g/mol. The Hall–Kier alpha value is -1.74. The van der Waals surface area contributed by atoms with Crippen LogP contribution in [0, 0.1) is 11.8 Å². The SMILES string of the molecule is C=C(Cl)/C=C\C=C(/F)[C@H]1[C@H](N)[C@H](CO)N(CC2CCOC2)[C@@]12C(=O)Nc1cc(Cl)ccc12. The molecule has 3 heterocycles. The van der Waals surface area contributed by atoms with Gasteiger partial charge in [-0.05, 0) is 36.6 Å². The van der Waals surface area contributed by atoms with Gasteiger partial charge < -0.3 is 20.9 Å². The van der Waals surface area contributed by atoms with Crippen LogP contribution in [0.15, 0.2) is 53.9 Å². The number of carbonyl (C=O) groups excluding carboxylic acids is 1. The number of hydrogen-bond acceptors (Lipinski definition) is 5. The van der Waals surface area contributed by atoms with Gasteiger partial charge in [0.2, 0.25) is 5.91 Å². The van der Waals surface area contributed by atoms with Crippen LogP contribution in [0.25, 0.3) is 0 Å². The molecule has 6 nitrogen and oxygen atoms in total. The Balaban J connectivity index is 1.88. The lowest BCUT2D eigenvalue weighted by molar-refractivity contribution is -0.129. The number of ether oxygens (including phenoxy) is 1. The van der Waals surface area contributed by atoms with E-state index in [1.54, 1.807) is 18.2 Å². The zero-order chi connectivity index (χ0) is 23.0. The number of rotatable bonds is 6. The van der Waals surface area contributed by atoms with E-state index in [1.807, 2.05) is 4.90 Å². The standard InChI is InChI=1S/C23H26Cl2FN3O3/c1-13(24)3-2-4-17(26)20-21(27)19(11-30)29(10-14-7-8-32-12-14)23(20)16-6-5-15(25)9-18(16)28-22(23)31/h2-6,9,14,19-21,30H,1,7-8,10-12,27H2,(H,28,31)/b3-2-,17-4-/t14?,19-,20-,21+,23+/m0/s1. The first-order valence-corrected chi connectivity index (χ1v) is 11.3. The van der Waals surface area contributed by atoms with Gasteiger partial charge in [0.1, 0.15) is 11.4 Å². The summed E-state index contributed by atoms with van der Waals surface area (Å²) in [5.41, 5.74) is 6.23. The molecular formula is C23H26Cl2FN3O3. The molecule has 1 aromatic rings. The smallest absolute Gasteiger partial charge is 0.250 e. The van der Waals surface area contributed by atoms with Crippen LogP contribution >= 0.6 is 23.2 Å². The van der Waals surface area contributed by atoms with Gasteiger partial charge in [0.05, 0.1) is 19.1 Å². The predicted octanol–water partition coefficient (Wildman–Crippen LogP) is 3.31. The van der Waals surface area contributed by atoms with E-state index in [1.165, 1.54) is 18.2 Å². The number of benzene rings is 1. The molecule has 4 N–H and O–H groups in total. The summed E-state index contributed by atoms with van der Waals surface area (Å²) in [7, 11) is 0. The van der Waals surface area contributed by atoms with Gasteiger partial charge >= 0.3 is 0 Å². The second kappa shape index (κ2) is 9.25. The largest absolute Gasteiger partial charge is 0.395 e. The first-order valence-electron chi connectivity index (χ1n) is 10.5. The Kier molecular flexibility index (Phi) is 6.77. The molecule has 172 valence electrons. The van der Waals surface area contributed by atoms with Gasteiger partial charge in [0, 0.05) is 46.5 Å². The van der Waals surface area contributed by atoms with Crippen molar-refractivity contribution in [3.8, 4) is 0 Å². The topological polar surface area (TPSA) is 87.8 Å². The summed E-state index contributed by atoms with van der Waals surface area (Å²) < 4.78 is 21.3. The molecule has 2 saturated heterocycles. The number of fused-ring (bicyclic) bond motifs is 2. The number of likely N-dealkylation sites (tertiary alicyclic amines) is 1. The molecule has 4 rings (SSSR count). The summed E-state index contributed by atoms with van der Waals surface area (Å²) in [6.07, 6.45) is 4.95. The van der Waals surface area contributed by atoms with Crippen molar-refractivity contribution < 1.29 is 19.0 Å². The van der Waals surface area contributed by atoms with Crippen molar-refractivity contribution >= 4 is 34.8 Å². The summed E-state index contributed by atoms with van der Waals surface area (Å²) in [5.74, 6) is -1.85. The van der Waals surface area contributed by atoms with Crippen LogP contribution in [0.3, 0.4) is 0 Å². The van der Waals surface area contributed by atoms with E-state index in [9.17, 15) is 9.90 Å². The van der Waals surface area contributed by atoms with Gasteiger partial charge in [-0.2, -0.15) is 0 Å². The van der Waals surface area contributed by atoms with Crippen LogP contribution < -0.4 is 11.1 Å². The van der Waals surface area contributed by atoms with Crippen LogP contribution in [-0.4, -0.2) is 54.4 Å². The summed E-state index contributed by atoms with van der Waals surface area (Å²) >= 11 is 11.9. The summed E-state index contributed by atoms with van der Waals surface area (Å²) in [5, 5.41) is 13.8. The average Bonchev–Trinajstić information content (AvgIpc) is 3.39. The van der Waals surface area contributed by atoms with Crippen LogP contribution in [-0.2, 0) is 15.1 Å². The molecule has 0 radical (unpaired) electrons. The molecule has 9 heteroatoms. The zero-order valence-electron chi connectivity index (χ0n) is 17.4. The lowest BCUT2D eigenvalue weighted by atomic mass is 9.76. The van der Waals surface area contributed by atoms with E-state index in [4.69, 9.17) is 33.7 Å². The van der Waals surface area contributed by atoms with Crippen LogP contribution in [0.5, 0.6) is 0 Å². The normalized spacial score (nSPS) is 32.8. The fraction of sp³-hybridized carbons (Fsp3) is 0.435. The number of hydrogen-bond donors (Lipinski definition) is 3. The molecule has 0 saturated carbocycles. The Labute approximate surface area is 196 Å². The predicted molar refractivity (Wildman–Crippen MR) is 123 cm³/mol. The molecule has 0 bridgehead atoms. The highest BCUT2D eigenvalue weighted by Crippen LogP contribution is 2.55. The van der Waals surface area contributed by atoms with Gasteiger partial charge in [-0.15, -0.1) is 0 Å². The minimum atomic E-state index is -1.43. The van der Waals surface area contributed by atoms with E-state index in [0.29, 0.717) is 36.0 Å². The third-order valence-corrected chi connectivity index (χ3v) is 6.98. The Morgan fingerprint density at radius 2 is 2.28 bits per heavy atom. The van der Waals surface area contributed by atoms with Crippen molar-refractivity contribution in [2.75, 3.05) is 31.7 Å². The minimum absolute atomic E-state index is 0.141. The number of aliphatic hydroxyl groups excluding tert-OH is 1. The lowest BCUT2D eigenvalue weighted by Gasteiger charge is -2.39. The fourth-order valence-electron chi connectivity index (χ4n) is 5.27. The first kappa shape index (κ1) is 23.4. The van der Waals surface area contributed by atoms with Crippen LogP contribution in [0.2, 0.25) is 5.02 Å². The first-order chi connectivity index (χ1) is 15.3. The van der Waals surface area contributed by atoms with Crippen molar-refractivity contribution in [2.24, 2.45) is 17.6 Å². The minimum Gasteiger partial charge on any atom is -0.395 e. The molecule has 32 heavy (non-hydrogen) atoms. The van der Waals surface area contributed by atoms with Crippen molar-refractivity contribution in [3.63, 3.8) is 0 Å². The number of allylic oxidation sites excluding steroid dienone is 4. The highest BCUT2D eigenvalue weighted by Gasteiger charge is 2.67. The second-order valence-corrected chi connectivity index (χ2v) is 9.38. The molecule has 3 aliphatic rings. The maximum Gasteiger partial charge on any atom is 0.250 e. The molecule has 1 spiro atoms. The number of halogens is 3. The third kappa shape index (κ3) is 3.81. The lowest BCUT2D eigenvalue weighted by Crippen LogP contribution is -2.54. The van der Waals surface area contributed by atoms with E-state index in [0.717, 1.165) is 6.42 Å². The number of amides is 1. The second-order valence-electron chi connectivity index (χ2n) is 8.45. The van der Waals surface area contributed by atoms with Crippen molar-refractivity contribution in [1.29, 1.82) is 0 Å². The summed E-state index contributed by atoms with van der Waals surface area (Å²) in [4.78, 5) is 15.5. The van der Waals surface area contributed by atoms with Crippen molar-refractivity contribution in [1.82, 2.24) is 4.90 Å². The fourth-order valence-corrected chi connectivity index (χ4v) is 5.52. The number of carbonyl (C=O) groups is 1. The maximum absolute atomic E-state index is 15.8. The zero-order valence-corrected chi connectivity index (χ0v) is 19.0. The number of anilines is 1. The Bertz CT molecular complexity index is 979. The van der Waals surface area contributed by atoms with Gasteiger partial charge in [-0.3, -0.25) is 9.69 Å². The maximum atomic E-state index is 15.8. The molecule has 0 aliphatic carbocycles. The van der Waals surface area contributed by atoms with Crippen molar-refractivity contribution in [3.05, 3.63) is 64.5 Å².